The second-order valence-electron chi connectivity index (χ2n) is 11.1. The lowest BCUT2D eigenvalue weighted by Gasteiger charge is -2.28. The molecule has 2 fully saturated rings. The summed E-state index contributed by atoms with van der Waals surface area (Å²) in [6.07, 6.45) is 7.71. The standard InChI is InChI=1S/C28H45N5O6S/c1-21(28(36)37)33(32-40(38,39)20-24-5-3-2-4-6-24)26(34)19-31-27(35)25(9-7-22-11-15-29-16-12-22)10-8-23-13-17-30-18-14-23/h2-6,21-23,25,29-30,32H,7-20H2,1H3,(H,31,35)(H,36,37). The van der Waals surface area contributed by atoms with Gasteiger partial charge < -0.3 is 21.1 Å². The number of hydrazine groups is 1. The van der Waals surface area contributed by atoms with Gasteiger partial charge in [0.2, 0.25) is 15.9 Å². The van der Waals surface area contributed by atoms with Crippen molar-refractivity contribution in [1.82, 2.24) is 25.8 Å². The highest BCUT2D eigenvalue weighted by molar-refractivity contribution is 7.88. The Morgan fingerprint density at radius 2 is 1.48 bits per heavy atom. The highest BCUT2D eigenvalue weighted by Gasteiger charge is 2.31. The SMILES string of the molecule is CC(C(=O)O)N(NS(=O)(=O)Cc1ccccc1)C(=O)CNC(=O)C(CCC1CCNCC1)CCC1CCNCC1. The van der Waals surface area contributed by atoms with Gasteiger partial charge >= 0.3 is 5.97 Å². The van der Waals surface area contributed by atoms with E-state index >= 15 is 0 Å². The molecule has 1 aromatic carbocycles. The first-order chi connectivity index (χ1) is 19.1. The number of amides is 2. The number of sulfonamides is 1. The van der Waals surface area contributed by atoms with Crippen molar-refractivity contribution in [3.05, 3.63) is 35.9 Å². The Morgan fingerprint density at radius 1 is 0.950 bits per heavy atom. The van der Waals surface area contributed by atoms with E-state index in [2.05, 4.69) is 20.8 Å². The Morgan fingerprint density at radius 3 is 1.98 bits per heavy atom. The number of carboxylic acid groups (broad SMARTS) is 1. The molecule has 1 aromatic rings. The molecule has 0 spiro atoms. The fourth-order valence-electron chi connectivity index (χ4n) is 5.45. The third-order valence-electron chi connectivity index (χ3n) is 8.00. The van der Waals surface area contributed by atoms with E-state index in [4.69, 9.17) is 0 Å². The Bertz CT molecular complexity index is 1040. The van der Waals surface area contributed by atoms with Crippen LogP contribution in [0.15, 0.2) is 30.3 Å². The maximum absolute atomic E-state index is 13.3. The number of hydrogen-bond acceptors (Lipinski definition) is 7. The second-order valence-corrected chi connectivity index (χ2v) is 12.8. The number of carboxylic acids is 1. The lowest BCUT2D eigenvalue weighted by atomic mass is 9.84. The second kappa shape index (κ2) is 16.0. The topological polar surface area (TPSA) is 157 Å². The minimum atomic E-state index is -4.09. The van der Waals surface area contributed by atoms with Crippen molar-refractivity contribution in [3.63, 3.8) is 0 Å². The molecule has 2 heterocycles. The summed E-state index contributed by atoms with van der Waals surface area (Å²) in [7, 11) is -4.09. The molecule has 0 bridgehead atoms. The Kier molecular flexibility index (Phi) is 12.8. The molecular formula is C28H45N5O6S. The zero-order valence-electron chi connectivity index (χ0n) is 23.4. The summed E-state index contributed by atoms with van der Waals surface area (Å²) >= 11 is 0. The summed E-state index contributed by atoms with van der Waals surface area (Å²) in [5.41, 5.74) is 0.490. The van der Waals surface area contributed by atoms with E-state index in [9.17, 15) is 27.9 Å². The molecule has 2 amide bonds. The van der Waals surface area contributed by atoms with E-state index < -0.39 is 40.2 Å². The molecule has 1 unspecified atom stereocenters. The molecule has 2 saturated heterocycles. The summed E-state index contributed by atoms with van der Waals surface area (Å²) in [5, 5.41) is 19.5. The third kappa shape index (κ3) is 10.8. The van der Waals surface area contributed by atoms with E-state index in [0.717, 1.165) is 77.5 Å². The first-order valence-electron chi connectivity index (χ1n) is 14.4. The molecule has 0 aromatic heterocycles. The smallest absolute Gasteiger partial charge is 0.327 e. The molecule has 1 atom stereocenters. The lowest BCUT2D eigenvalue weighted by molar-refractivity contribution is -0.150. The molecular weight excluding hydrogens is 534 g/mol. The first-order valence-corrected chi connectivity index (χ1v) is 16.1. The van der Waals surface area contributed by atoms with Crippen LogP contribution in [0.1, 0.15) is 63.9 Å². The van der Waals surface area contributed by atoms with Crippen molar-refractivity contribution in [2.24, 2.45) is 17.8 Å². The summed E-state index contributed by atoms with van der Waals surface area (Å²) < 4.78 is 25.5. The number of nitrogens with zero attached hydrogens (tertiary/aromatic N) is 1. The average Bonchev–Trinajstić information content (AvgIpc) is 2.95. The van der Waals surface area contributed by atoms with Crippen LogP contribution >= 0.6 is 0 Å². The van der Waals surface area contributed by atoms with Crippen LogP contribution in [0.5, 0.6) is 0 Å². The number of nitrogens with one attached hydrogen (secondary N) is 4. The molecule has 5 N–H and O–H groups in total. The molecule has 2 aliphatic heterocycles. The largest absolute Gasteiger partial charge is 0.480 e. The molecule has 3 rings (SSSR count). The number of carbonyl (C=O) groups is 3. The van der Waals surface area contributed by atoms with Crippen molar-refractivity contribution in [1.29, 1.82) is 0 Å². The van der Waals surface area contributed by atoms with Gasteiger partial charge in [0.05, 0.1) is 12.3 Å². The average molecular weight is 580 g/mol. The van der Waals surface area contributed by atoms with Gasteiger partial charge in [-0.2, -0.15) is 0 Å². The summed E-state index contributed by atoms with van der Waals surface area (Å²) in [6.45, 7) is 4.67. The van der Waals surface area contributed by atoms with Crippen LogP contribution in [0.4, 0.5) is 0 Å². The van der Waals surface area contributed by atoms with Crippen LogP contribution < -0.4 is 20.8 Å². The lowest BCUT2D eigenvalue weighted by Crippen LogP contribution is -2.56. The van der Waals surface area contributed by atoms with Gasteiger partial charge in [0.25, 0.3) is 5.91 Å². The van der Waals surface area contributed by atoms with E-state index in [0.29, 0.717) is 22.4 Å². The van der Waals surface area contributed by atoms with Crippen LogP contribution in [-0.2, 0) is 30.2 Å². The number of aliphatic carboxylic acids is 1. The Balaban J connectivity index is 1.61. The quantitative estimate of drug-likeness (QED) is 0.196. The number of hydrogen-bond donors (Lipinski definition) is 5. The van der Waals surface area contributed by atoms with Crippen LogP contribution in [0.25, 0.3) is 0 Å². The Hall–Kier alpha value is -2.54. The van der Waals surface area contributed by atoms with Crippen molar-refractivity contribution < 1.29 is 27.9 Å². The van der Waals surface area contributed by atoms with Gasteiger partial charge in [0.15, 0.2) is 0 Å². The Labute approximate surface area is 237 Å². The van der Waals surface area contributed by atoms with Gasteiger partial charge in [-0.3, -0.25) is 9.59 Å². The van der Waals surface area contributed by atoms with Gasteiger partial charge in [0, 0.05) is 5.92 Å². The molecule has 0 saturated carbocycles. The normalized spacial score (nSPS) is 17.9. The van der Waals surface area contributed by atoms with Crippen LogP contribution in [0.3, 0.4) is 0 Å². The maximum atomic E-state index is 13.3. The van der Waals surface area contributed by atoms with E-state index in [1.807, 2.05) is 0 Å². The van der Waals surface area contributed by atoms with Crippen molar-refractivity contribution in [2.75, 3.05) is 32.7 Å². The molecule has 0 radical (unpaired) electrons. The minimum absolute atomic E-state index is 0.244. The van der Waals surface area contributed by atoms with Crippen LogP contribution in [0, 0.1) is 17.8 Å². The zero-order chi connectivity index (χ0) is 29.0. The first kappa shape index (κ1) is 32.0. The number of benzene rings is 1. The van der Waals surface area contributed by atoms with E-state index in [1.54, 1.807) is 30.3 Å². The molecule has 0 aliphatic carbocycles. The molecule has 12 heteroatoms. The molecule has 11 nitrogen and oxygen atoms in total. The van der Waals surface area contributed by atoms with Gasteiger partial charge in [-0.15, -0.1) is 4.83 Å². The number of carbonyl (C=O) groups excluding carboxylic acids is 2. The highest BCUT2D eigenvalue weighted by Crippen LogP contribution is 2.27. The van der Waals surface area contributed by atoms with Crippen molar-refractivity contribution in [3.8, 4) is 0 Å². The van der Waals surface area contributed by atoms with Gasteiger partial charge in [-0.1, -0.05) is 30.3 Å². The van der Waals surface area contributed by atoms with Gasteiger partial charge in [-0.25, -0.2) is 18.2 Å². The molecule has 40 heavy (non-hydrogen) atoms. The van der Waals surface area contributed by atoms with Crippen molar-refractivity contribution in [2.45, 2.75) is 70.1 Å². The van der Waals surface area contributed by atoms with E-state index in [-0.39, 0.29) is 11.8 Å². The summed E-state index contributed by atoms with van der Waals surface area (Å²) in [6, 6.07) is 6.91. The highest BCUT2D eigenvalue weighted by atomic mass is 32.2. The zero-order valence-corrected chi connectivity index (χ0v) is 24.3. The monoisotopic (exact) mass is 579 g/mol. The minimum Gasteiger partial charge on any atom is -0.480 e. The fourth-order valence-corrected chi connectivity index (χ4v) is 6.70. The fraction of sp³-hybridized carbons (Fsp3) is 0.679. The predicted octanol–water partition coefficient (Wildman–Crippen LogP) is 1.61. The van der Waals surface area contributed by atoms with E-state index in [1.165, 1.54) is 6.92 Å². The van der Waals surface area contributed by atoms with Gasteiger partial charge in [-0.05, 0) is 102 Å². The van der Waals surface area contributed by atoms with Crippen LogP contribution in [-0.4, -0.2) is 75.1 Å². The summed E-state index contributed by atoms with van der Waals surface area (Å²) in [4.78, 5) is 40.2. The predicted molar refractivity (Wildman–Crippen MR) is 152 cm³/mol. The molecule has 2 aliphatic rings. The number of piperidine rings is 2. The molecule has 224 valence electrons. The van der Waals surface area contributed by atoms with Crippen LogP contribution in [0.2, 0.25) is 0 Å². The number of rotatable bonds is 15. The summed E-state index contributed by atoms with van der Waals surface area (Å²) in [5.74, 6) is -1.99. The van der Waals surface area contributed by atoms with Gasteiger partial charge in [0.1, 0.15) is 6.04 Å². The maximum Gasteiger partial charge on any atom is 0.327 e. The van der Waals surface area contributed by atoms with Crippen molar-refractivity contribution >= 4 is 27.8 Å². The third-order valence-corrected chi connectivity index (χ3v) is 9.19.